The van der Waals surface area contributed by atoms with Gasteiger partial charge < -0.3 is 10.6 Å². The van der Waals surface area contributed by atoms with Crippen molar-refractivity contribution >= 4 is 22.4 Å². The van der Waals surface area contributed by atoms with Crippen molar-refractivity contribution in [2.45, 2.75) is 38.6 Å². The molecular weight excluding hydrogens is 260 g/mol. The largest absolute Gasteiger partial charge is 0.373 e. The predicted octanol–water partition coefficient (Wildman–Crippen LogP) is 1.88. The summed E-state index contributed by atoms with van der Waals surface area (Å²) in [5.74, 6) is 3.80. The molecule has 2 N–H and O–H groups in total. The minimum Gasteiger partial charge on any atom is -0.373 e. The number of anilines is 2. The van der Waals surface area contributed by atoms with Crippen LogP contribution in [0, 0.1) is 6.92 Å². The molecule has 1 aromatic rings. The summed E-state index contributed by atoms with van der Waals surface area (Å²) < 4.78 is 11.3. The van der Waals surface area contributed by atoms with Crippen LogP contribution in [0.1, 0.15) is 37.1 Å². The van der Waals surface area contributed by atoms with E-state index < -0.39 is 10.8 Å². The molecule has 1 saturated carbocycles. The standard InChI is InChI=1S/C13H22N4OS/c1-8(7-19(4)18)15-12-9(2)11(14-3)16-13(17-12)10-5-6-10/h8,10H,5-7H2,1-4H3,(H2,14,15,16,17). The Bertz CT molecular complexity index is 488. The van der Waals surface area contributed by atoms with Crippen molar-refractivity contribution < 1.29 is 4.21 Å². The van der Waals surface area contributed by atoms with Gasteiger partial charge in [0.25, 0.3) is 0 Å². The van der Waals surface area contributed by atoms with E-state index in [1.165, 1.54) is 12.8 Å². The van der Waals surface area contributed by atoms with Crippen molar-refractivity contribution in [2.75, 3.05) is 29.7 Å². The molecule has 19 heavy (non-hydrogen) atoms. The summed E-state index contributed by atoms with van der Waals surface area (Å²) in [6.07, 6.45) is 4.08. The molecule has 1 fully saturated rings. The molecule has 106 valence electrons. The SMILES string of the molecule is CNc1nc(C2CC2)nc(NC(C)CS(C)=O)c1C. The maximum absolute atomic E-state index is 11.3. The maximum Gasteiger partial charge on any atom is 0.136 e. The predicted molar refractivity (Wildman–Crippen MR) is 80.3 cm³/mol. The topological polar surface area (TPSA) is 66.9 Å². The Balaban J connectivity index is 2.22. The van der Waals surface area contributed by atoms with E-state index in [-0.39, 0.29) is 6.04 Å². The van der Waals surface area contributed by atoms with Gasteiger partial charge in [-0.1, -0.05) is 0 Å². The molecule has 2 atom stereocenters. The van der Waals surface area contributed by atoms with Crippen molar-refractivity contribution in [1.29, 1.82) is 0 Å². The van der Waals surface area contributed by atoms with E-state index in [2.05, 4.69) is 20.6 Å². The summed E-state index contributed by atoms with van der Waals surface area (Å²) >= 11 is 0. The van der Waals surface area contributed by atoms with Crippen molar-refractivity contribution in [1.82, 2.24) is 9.97 Å². The fourth-order valence-electron chi connectivity index (χ4n) is 2.07. The lowest BCUT2D eigenvalue weighted by molar-refractivity contribution is 0.682. The van der Waals surface area contributed by atoms with Gasteiger partial charge in [-0.3, -0.25) is 4.21 Å². The fourth-order valence-corrected chi connectivity index (χ4v) is 2.86. The van der Waals surface area contributed by atoms with Gasteiger partial charge in [0.15, 0.2) is 0 Å². The quantitative estimate of drug-likeness (QED) is 0.834. The maximum atomic E-state index is 11.3. The van der Waals surface area contributed by atoms with Crippen LogP contribution in [0.3, 0.4) is 0 Å². The van der Waals surface area contributed by atoms with Gasteiger partial charge >= 0.3 is 0 Å². The van der Waals surface area contributed by atoms with E-state index in [4.69, 9.17) is 0 Å². The zero-order valence-electron chi connectivity index (χ0n) is 12.0. The molecule has 1 aromatic heterocycles. The highest BCUT2D eigenvalue weighted by Crippen LogP contribution is 2.39. The van der Waals surface area contributed by atoms with Crippen LogP contribution in [0.5, 0.6) is 0 Å². The highest BCUT2D eigenvalue weighted by atomic mass is 32.2. The summed E-state index contributed by atoms with van der Waals surface area (Å²) in [6.45, 7) is 4.03. The van der Waals surface area contributed by atoms with Crippen LogP contribution in [0.15, 0.2) is 0 Å². The molecule has 0 radical (unpaired) electrons. The van der Waals surface area contributed by atoms with E-state index in [1.807, 2.05) is 20.9 Å². The summed E-state index contributed by atoms with van der Waals surface area (Å²) in [4.78, 5) is 9.19. The second-order valence-electron chi connectivity index (χ2n) is 5.21. The highest BCUT2D eigenvalue weighted by Gasteiger charge is 2.28. The van der Waals surface area contributed by atoms with Gasteiger partial charge in [0.1, 0.15) is 17.5 Å². The molecule has 0 bridgehead atoms. The Hall–Kier alpha value is -1.17. The van der Waals surface area contributed by atoms with Crippen LogP contribution >= 0.6 is 0 Å². The van der Waals surface area contributed by atoms with Crippen LogP contribution in [-0.2, 0) is 10.8 Å². The van der Waals surface area contributed by atoms with Gasteiger partial charge in [0.2, 0.25) is 0 Å². The molecule has 2 rings (SSSR count). The number of hydrogen-bond donors (Lipinski definition) is 2. The first-order valence-corrected chi connectivity index (χ1v) is 8.36. The Labute approximate surface area is 117 Å². The first kappa shape index (κ1) is 14.2. The number of aromatic nitrogens is 2. The third-order valence-electron chi connectivity index (χ3n) is 3.21. The number of rotatable bonds is 6. The van der Waals surface area contributed by atoms with Crippen molar-refractivity contribution in [3.63, 3.8) is 0 Å². The van der Waals surface area contributed by atoms with Crippen LogP contribution in [0.2, 0.25) is 0 Å². The van der Waals surface area contributed by atoms with Gasteiger partial charge in [0.05, 0.1) is 0 Å². The average molecular weight is 282 g/mol. The van der Waals surface area contributed by atoms with E-state index in [1.54, 1.807) is 6.26 Å². The first-order valence-electron chi connectivity index (χ1n) is 6.64. The Morgan fingerprint density at radius 3 is 2.53 bits per heavy atom. The average Bonchev–Trinajstić information content (AvgIpc) is 3.14. The van der Waals surface area contributed by atoms with Crippen LogP contribution in [0.4, 0.5) is 11.6 Å². The monoisotopic (exact) mass is 282 g/mol. The zero-order chi connectivity index (χ0) is 14.0. The molecular formula is C13H22N4OS. The summed E-state index contributed by atoms with van der Waals surface area (Å²) in [7, 11) is 1.07. The van der Waals surface area contributed by atoms with Crippen LogP contribution in [0.25, 0.3) is 0 Å². The third-order valence-corrected chi connectivity index (χ3v) is 4.18. The minimum atomic E-state index is -0.806. The second-order valence-corrected chi connectivity index (χ2v) is 6.69. The van der Waals surface area contributed by atoms with E-state index >= 15 is 0 Å². The van der Waals surface area contributed by atoms with Crippen molar-refractivity contribution in [3.8, 4) is 0 Å². The zero-order valence-corrected chi connectivity index (χ0v) is 12.8. The Morgan fingerprint density at radius 1 is 1.37 bits per heavy atom. The summed E-state index contributed by atoms with van der Waals surface area (Å²) in [5, 5.41) is 6.48. The van der Waals surface area contributed by atoms with Gasteiger partial charge in [-0.25, -0.2) is 9.97 Å². The molecule has 0 aromatic carbocycles. The van der Waals surface area contributed by atoms with Crippen LogP contribution < -0.4 is 10.6 Å². The molecule has 0 saturated heterocycles. The minimum absolute atomic E-state index is 0.135. The molecule has 6 heteroatoms. The van der Waals surface area contributed by atoms with Gasteiger partial charge in [-0.05, 0) is 26.7 Å². The first-order chi connectivity index (χ1) is 9.01. The lowest BCUT2D eigenvalue weighted by Gasteiger charge is -2.17. The van der Waals surface area contributed by atoms with Gasteiger partial charge in [0, 0.05) is 47.4 Å². The number of nitrogens with zero attached hydrogens (tertiary/aromatic N) is 2. The van der Waals surface area contributed by atoms with E-state index in [9.17, 15) is 4.21 Å². The molecule has 0 aliphatic heterocycles. The lowest BCUT2D eigenvalue weighted by Crippen LogP contribution is -2.24. The smallest absolute Gasteiger partial charge is 0.136 e. The normalized spacial score (nSPS) is 17.9. The molecule has 5 nitrogen and oxygen atoms in total. The summed E-state index contributed by atoms with van der Waals surface area (Å²) in [5.41, 5.74) is 1.01. The van der Waals surface area contributed by atoms with Crippen molar-refractivity contribution in [3.05, 3.63) is 11.4 Å². The highest BCUT2D eigenvalue weighted by molar-refractivity contribution is 7.84. The Morgan fingerprint density at radius 2 is 2.00 bits per heavy atom. The Kier molecular flexibility index (Phi) is 4.39. The van der Waals surface area contributed by atoms with Gasteiger partial charge in [-0.2, -0.15) is 0 Å². The molecule has 0 spiro atoms. The third kappa shape index (κ3) is 3.65. The van der Waals surface area contributed by atoms with Crippen molar-refractivity contribution in [2.24, 2.45) is 0 Å². The lowest BCUT2D eigenvalue weighted by atomic mass is 10.2. The van der Waals surface area contributed by atoms with E-state index in [0.29, 0.717) is 11.7 Å². The molecule has 1 heterocycles. The van der Waals surface area contributed by atoms with Crippen LogP contribution in [-0.4, -0.2) is 39.3 Å². The number of nitrogens with one attached hydrogen (secondary N) is 2. The number of hydrogen-bond acceptors (Lipinski definition) is 5. The second kappa shape index (κ2) is 5.86. The molecule has 2 unspecified atom stereocenters. The molecule has 1 aliphatic carbocycles. The van der Waals surface area contributed by atoms with Gasteiger partial charge in [-0.15, -0.1) is 0 Å². The fraction of sp³-hybridized carbons (Fsp3) is 0.692. The molecule has 0 amide bonds. The van der Waals surface area contributed by atoms with E-state index in [0.717, 1.165) is 23.0 Å². The summed E-state index contributed by atoms with van der Waals surface area (Å²) in [6, 6.07) is 0.135. The molecule has 1 aliphatic rings.